The summed E-state index contributed by atoms with van der Waals surface area (Å²) in [5.41, 5.74) is 0.812. The van der Waals surface area contributed by atoms with Gasteiger partial charge in [0.25, 0.3) is 5.56 Å². The van der Waals surface area contributed by atoms with Crippen molar-refractivity contribution < 1.29 is 14.3 Å². The molecule has 0 saturated carbocycles. The molecule has 0 atom stereocenters. The topological polar surface area (TPSA) is 82.8 Å². The van der Waals surface area contributed by atoms with E-state index >= 15 is 0 Å². The number of ether oxygens (including phenoxy) is 2. The number of rotatable bonds is 5. The molecule has 10 heteroatoms. The molecule has 0 aliphatic carbocycles. The number of benzene rings is 2. The molecule has 0 bridgehead atoms. The van der Waals surface area contributed by atoms with Crippen molar-refractivity contribution in [2.45, 2.75) is 6.92 Å². The van der Waals surface area contributed by atoms with Crippen molar-refractivity contribution in [2.24, 2.45) is 5.10 Å². The Kier molecular flexibility index (Phi) is 6.56. The highest BCUT2D eigenvalue weighted by molar-refractivity contribution is 9.10. The van der Waals surface area contributed by atoms with Crippen LogP contribution >= 0.6 is 39.1 Å². The highest BCUT2D eigenvalue weighted by atomic mass is 79.9. The number of nitrogens with zero attached hydrogens (tertiary/aromatic N) is 3. The zero-order chi connectivity index (χ0) is 21.1. The first kappa shape index (κ1) is 21.3. The summed E-state index contributed by atoms with van der Waals surface area (Å²) in [7, 11) is 1.25. The van der Waals surface area contributed by atoms with Crippen LogP contribution in [0.15, 0.2) is 44.7 Å². The van der Waals surface area contributed by atoms with E-state index in [1.807, 2.05) is 6.07 Å². The summed E-state index contributed by atoms with van der Waals surface area (Å²) < 4.78 is 11.8. The average molecular weight is 499 g/mol. The first-order valence-electron chi connectivity index (χ1n) is 8.22. The van der Waals surface area contributed by atoms with Gasteiger partial charge in [-0.1, -0.05) is 39.1 Å². The Bertz CT molecular complexity index is 1170. The molecular weight excluding hydrogens is 485 g/mol. The number of fused-ring (bicyclic) bond motifs is 1. The summed E-state index contributed by atoms with van der Waals surface area (Å²) in [6.07, 6.45) is 1.43. The number of aryl methyl sites for hydroxylation is 1. The van der Waals surface area contributed by atoms with Crippen molar-refractivity contribution in [3.05, 3.63) is 66.6 Å². The van der Waals surface area contributed by atoms with Crippen LogP contribution in [-0.2, 0) is 9.53 Å². The van der Waals surface area contributed by atoms with E-state index in [2.05, 4.69) is 30.8 Å². The fourth-order valence-corrected chi connectivity index (χ4v) is 3.48. The molecule has 0 aliphatic rings. The molecule has 0 radical (unpaired) electrons. The molecule has 29 heavy (non-hydrogen) atoms. The molecule has 0 saturated heterocycles. The predicted molar refractivity (Wildman–Crippen MR) is 115 cm³/mol. The lowest BCUT2D eigenvalue weighted by molar-refractivity contribution is -0.142. The summed E-state index contributed by atoms with van der Waals surface area (Å²) in [4.78, 5) is 28.4. The second-order valence-corrected chi connectivity index (χ2v) is 7.59. The van der Waals surface area contributed by atoms with Crippen molar-refractivity contribution in [2.75, 3.05) is 13.7 Å². The van der Waals surface area contributed by atoms with Gasteiger partial charge in [0, 0.05) is 4.47 Å². The van der Waals surface area contributed by atoms with Gasteiger partial charge >= 0.3 is 5.97 Å². The van der Waals surface area contributed by atoms with E-state index in [0.717, 1.165) is 4.47 Å². The maximum atomic E-state index is 12.8. The van der Waals surface area contributed by atoms with Gasteiger partial charge in [0.2, 0.25) is 0 Å². The third kappa shape index (κ3) is 4.77. The lowest BCUT2D eigenvalue weighted by Crippen LogP contribution is -2.20. The molecule has 0 amide bonds. The van der Waals surface area contributed by atoms with Crippen LogP contribution < -0.4 is 10.3 Å². The lowest BCUT2D eigenvalue weighted by Gasteiger charge is -2.10. The van der Waals surface area contributed by atoms with Gasteiger partial charge in [0.1, 0.15) is 5.82 Å². The Morgan fingerprint density at radius 1 is 1.28 bits per heavy atom. The van der Waals surface area contributed by atoms with Crippen LogP contribution in [0, 0.1) is 6.92 Å². The smallest absolute Gasteiger partial charge is 0.343 e. The Morgan fingerprint density at radius 2 is 1.97 bits per heavy atom. The van der Waals surface area contributed by atoms with Crippen molar-refractivity contribution in [1.29, 1.82) is 0 Å². The number of hydrogen-bond acceptors (Lipinski definition) is 6. The second kappa shape index (κ2) is 8.94. The maximum Gasteiger partial charge on any atom is 0.343 e. The number of carbonyl (C=O) groups is 1. The fraction of sp³-hybridized carbons (Fsp3) is 0.158. The van der Waals surface area contributed by atoms with Crippen molar-refractivity contribution >= 4 is 62.2 Å². The monoisotopic (exact) mass is 497 g/mol. The van der Waals surface area contributed by atoms with E-state index in [9.17, 15) is 9.59 Å². The predicted octanol–water partition coefficient (Wildman–Crippen LogP) is 4.21. The third-order valence-electron chi connectivity index (χ3n) is 3.88. The largest absolute Gasteiger partial charge is 0.479 e. The minimum Gasteiger partial charge on any atom is -0.479 e. The highest BCUT2D eigenvalue weighted by Gasteiger charge is 2.12. The number of methoxy groups -OCH3 is 1. The molecule has 1 heterocycles. The quantitative estimate of drug-likeness (QED) is 0.388. The Morgan fingerprint density at radius 3 is 2.62 bits per heavy atom. The fourth-order valence-electron chi connectivity index (χ4n) is 2.50. The van der Waals surface area contributed by atoms with Gasteiger partial charge in [0.05, 0.1) is 34.3 Å². The van der Waals surface area contributed by atoms with Crippen LogP contribution in [0.5, 0.6) is 5.75 Å². The van der Waals surface area contributed by atoms with E-state index in [0.29, 0.717) is 22.3 Å². The minimum atomic E-state index is -0.562. The molecule has 3 rings (SSSR count). The number of hydrogen-bond donors (Lipinski definition) is 0. The van der Waals surface area contributed by atoms with Gasteiger partial charge < -0.3 is 9.47 Å². The summed E-state index contributed by atoms with van der Waals surface area (Å²) in [6.45, 7) is 1.36. The van der Waals surface area contributed by atoms with E-state index in [4.69, 9.17) is 27.9 Å². The van der Waals surface area contributed by atoms with Gasteiger partial charge in [-0.05, 0) is 42.8 Å². The van der Waals surface area contributed by atoms with Crippen LogP contribution in [0.1, 0.15) is 11.4 Å². The van der Waals surface area contributed by atoms with Gasteiger partial charge in [-0.3, -0.25) is 4.79 Å². The average Bonchev–Trinajstić information content (AvgIpc) is 2.67. The van der Waals surface area contributed by atoms with Crippen LogP contribution in [0.4, 0.5) is 0 Å². The SMILES string of the molecule is COC(=O)COc1c(Cl)cc(C=Nn2c(C)nc3ccc(Br)cc3c2=O)cc1Cl. The molecule has 0 fully saturated rings. The molecule has 2 aromatic carbocycles. The zero-order valence-electron chi connectivity index (χ0n) is 15.3. The molecule has 7 nitrogen and oxygen atoms in total. The standard InChI is InChI=1S/C19H14BrCl2N3O4/c1-10-24-16-4-3-12(20)7-13(16)19(27)25(10)23-8-11-5-14(21)18(15(22)6-11)29-9-17(26)28-2/h3-8H,9H2,1-2H3. The zero-order valence-corrected chi connectivity index (χ0v) is 18.4. The molecule has 0 aliphatic heterocycles. The van der Waals surface area contributed by atoms with Crippen molar-refractivity contribution in [3.63, 3.8) is 0 Å². The third-order valence-corrected chi connectivity index (χ3v) is 4.93. The number of aromatic nitrogens is 2. The van der Waals surface area contributed by atoms with Gasteiger partial charge in [-0.2, -0.15) is 9.78 Å². The first-order chi connectivity index (χ1) is 13.8. The highest BCUT2D eigenvalue weighted by Crippen LogP contribution is 2.33. The van der Waals surface area contributed by atoms with E-state index in [1.165, 1.54) is 18.0 Å². The van der Waals surface area contributed by atoms with Gasteiger partial charge in [0.15, 0.2) is 12.4 Å². The summed E-state index contributed by atoms with van der Waals surface area (Å²) in [5, 5.41) is 5.03. The minimum absolute atomic E-state index is 0.154. The summed E-state index contributed by atoms with van der Waals surface area (Å²) >= 11 is 15.7. The van der Waals surface area contributed by atoms with Crippen LogP contribution in [0.3, 0.4) is 0 Å². The molecule has 0 unspecified atom stereocenters. The van der Waals surface area contributed by atoms with Crippen molar-refractivity contribution in [1.82, 2.24) is 9.66 Å². The molecular formula is C19H14BrCl2N3O4. The van der Waals surface area contributed by atoms with Crippen LogP contribution in [-0.4, -0.2) is 35.6 Å². The molecule has 0 N–H and O–H groups in total. The number of esters is 1. The first-order valence-corrected chi connectivity index (χ1v) is 9.77. The Labute approximate surface area is 184 Å². The summed E-state index contributed by atoms with van der Waals surface area (Å²) in [5.74, 6) is 0.0193. The van der Waals surface area contributed by atoms with E-state index in [-0.39, 0.29) is 28.0 Å². The second-order valence-electron chi connectivity index (χ2n) is 5.86. The van der Waals surface area contributed by atoms with Crippen LogP contribution in [0.25, 0.3) is 10.9 Å². The molecule has 3 aromatic rings. The molecule has 1 aromatic heterocycles. The van der Waals surface area contributed by atoms with Gasteiger partial charge in [-0.25, -0.2) is 9.78 Å². The Hall–Kier alpha value is -2.42. The van der Waals surface area contributed by atoms with E-state index < -0.39 is 5.97 Å². The lowest BCUT2D eigenvalue weighted by atomic mass is 10.2. The molecule has 0 spiro atoms. The number of carbonyl (C=O) groups excluding carboxylic acids is 1. The number of halogens is 3. The Balaban J connectivity index is 1.94. The van der Waals surface area contributed by atoms with Crippen LogP contribution in [0.2, 0.25) is 10.0 Å². The molecule has 150 valence electrons. The normalized spacial score (nSPS) is 11.2. The summed E-state index contributed by atoms with van der Waals surface area (Å²) in [6, 6.07) is 8.37. The van der Waals surface area contributed by atoms with E-state index in [1.54, 1.807) is 31.2 Å². The van der Waals surface area contributed by atoms with Crippen molar-refractivity contribution in [3.8, 4) is 5.75 Å². The van der Waals surface area contributed by atoms with Gasteiger partial charge in [-0.15, -0.1) is 0 Å². The maximum absolute atomic E-state index is 12.8.